The predicted octanol–water partition coefficient (Wildman–Crippen LogP) is 11.1. The van der Waals surface area contributed by atoms with Crippen LogP contribution in [0.1, 0.15) is 54.6 Å². The number of hydrogen-bond acceptors (Lipinski definition) is 7. The molecule has 7 rings (SSSR count). The maximum atomic E-state index is 13.6. The fourth-order valence-electron chi connectivity index (χ4n) is 8.32. The summed E-state index contributed by atoms with van der Waals surface area (Å²) in [5.41, 5.74) is 2.47. The number of thiocarbonyl (C=S) groups is 1. The maximum Gasteiger partial charge on any atom is 0.416 e. The van der Waals surface area contributed by atoms with Crippen LogP contribution < -0.4 is 56.1 Å². The number of fused-ring (bicyclic) bond motifs is 1. The van der Waals surface area contributed by atoms with Crippen molar-refractivity contribution in [2.75, 3.05) is 38.5 Å². The van der Waals surface area contributed by atoms with Crippen LogP contribution in [0.15, 0.2) is 138 Å². The highest BCUT2D eigenvalue weighted by Gasteiger charge is 2.37. The van der Waals surface area contributed by atoms with E-state index in [0.29, 0.717) is 35.1 Å². The van der Waals surface area contributed by atoms with E-state index < -0.39 is 37.0 Å². The second-order valence-corrected chi connectivity index (χ2v) is 21.3. The van der Waals surface area contributed by atoms with Crippen molar-refractivity contribution >= 4 is 57.7 Å². The number of rotatable bonds is 14. The lowest BCUT2D eigenvalue weighted by Gasteiger charge is -2.35. The van der Waals surface area contributed by atoms with Gasteiger partial charge in [0.15, 0.2) is 5.11 Å². The van der Waals surface area contributed by atoms with E-state index in [1.165, 1.54) is 6.07 Å². The highest BCUT2D eigenvalue weighted by molar-refractivity contribution is 7.87. The van der Waals surface area contributed by atoms with Crippen LogP contribution in [0.3, 0.4) is 0 Å². The van der Waals surface area contributed by atoms with Gasteiger partial charge in [0.25, 0.3) is 0 Å². The summed E-state index contributed by atoms with van der Waals surface area (Å²) in [5, 5.41) is 16.2. The molecule has 2 amide bonds. The Balaban J connectivity index is 1.18. The van der Waals surface area contributed by atoms with Gasteiger partial charge in [0, 0.05) is 28.0 Å². The quantitative estimate of drug-likeness (QED) is 0.0631. The Kier molecular flexibility index (Phi) is 15.1. The van der Waals surface area contributed by atoms with Crippen LogP contribution in [0.5, 0.6) is 23.0 Å². The largest absolute Gasteiger partial charge is 0.497 e. The first-order chi connectivity index (χ1) is 32.4. The number of carbonyl (C=O) groups excluding carboxylic acids is 1. The van der Waals surface area contributed by atoms with E-state index in [9.17, 15) is 18.0 Å². The van der Waals surface area contributed by atoms with Gasteiger partial charge < -0.3 is 40.2 Å². The number of amides is 2. The first-order valence-corrected chi connectivity index (χ1v) is 24.3. The van der Waals surface area contributed by atoms with Gasteiger partial charge in [-0.25, -0.2) is 4.79 Å². The average molecular weight is 964 g/mol. The van der Waals surface area contributed by atoms with Gasteiger partial charge in [-0.05, 0) is 157 Å². The van der Waals surface area contributed by atoms with Gasteiger partial charge in [-0.3, -0.25) is 4.74 Å². The van der Waals surface area contributed by atoms with Crippen LogP contribution in [0, 0.1) is 19.3 Å². The summed E-state index contributed by atoms with van der Waals surface area (Å²) >= 11 is 6.17. The maximum absolute atomic E-state index is 13.6. The van der Waals surface area contributed by atoms with Crippen LogP contribution >= 0.6 is 19.3 Å². The third-order valence-corrected chi connectivity index (χ3v) is 15.9. The number of methoxy groups -OCH3 is 3. The molecule has 68 heavy (non-hydrogen) atoms. The van der Waals surface area contributed by atoms with E-state index in [1.807, 2.05) is 67.6 Å². The van der Waals surface area contributed by atoms with Gasteiger partial charge in [0.05, 0.1) is 58.3 Å². The second kappa shape index (κ2) is 20.8. The number of benzene rings is 6. The molecule has 6 aromatic rings. The minimum atomic E-state index is -4.57. The van der Waals surface area contributed by atoms with E-state index in [-0.39, 0.29) is 17.1 Å². The number of anilines is 2. The summed E-state index contributed by atoms with van der Waals surface area (Å²) < 4.78 is 70.1. The van der Waals surface area contributed by atoms with Crippen molar-refractivity contribution in [2.24, 2.45) is 10.2 Å². The number of carbonyl (C=O) groups is 1. The third-order valence-electron chi connectivity index (χ3n) is 12.0. The Labute approximate surface area is 402 Å². The number of aryl methyl sites for hydroxylation is 2. The highest BCUT2D eigenvalue weighted by Crippen LogP contribution is 2.48. The molecule has 1 aliphatic carbocycles. The Morgan fingerprint density at radius 3 is 1.82 bits per heavy atom. The molecule has 0 aromatic heterocycles. The van der Waals surface area contributed by atoms with E-state index in [4.69, 9.17) is 35.9 Å². The molecule has 10 nitrogen and oxygen atoms in total. The zero-order valence-electron chi connectivity index (χ0n) is 39.3. The summed E-state index contributed by atoms with van der Waals surface area (Å²) in [6.07, 6.45) is -4.50. The molecule has 15 heteroatoms. The number of hydrogen-bond donors (Lipinski definition) is 4. The number of nitrogens with zero attached hydrogens (tertiary/aromatic N) is 1. The Morgan fingerprint density at radius 2 is 1.29 bits per heavy atom. The number of urea groups is 1. The summed E-state index contributed by atoms with van der Waals surface area (Å²) in [4.78, 5) is 13.3. The molecule has 6 aromatic carbocycles. The lowest BCUT2D eigenvalue weighted by molar-refractivity contribution is -0.137. The SMILES string of the molecule is COc1ccc(P(=NC[C@H](NC(=S)N[C@@H]2c3ccccc3C[C@H]2Oc2ccc(C)cc2NC(=O)Nc2cc(C)cc(C(F)(F)F)c2)C(C)(C)C)(c2ccc(OC)cc2)c2ccc(OC)cc2)cc1. The second-order valence-electron chi connectivity index (χ2n) is 17.8. The molecule has 1 aliphatic rings. The zero-order valence-corrected chi connectivity index (χ0v) is 41.0. The Hall–Kier alpha value is -6.50. The molecule has 0 saturated heterocycles. The summed E-state index contributed by atoms with van der Waals surface area (Å²) in [7, 11) is 2.23. The van der Waals surface area contributed by atoms with Gasteiger partial charge >= 0.3 is 12.2 Å². The minimum absolute atomic E-state index is 0.0117. The molecule has 0 fully saturated rings. The van der Waals surface area contributed by atoms with E-state index in [0.717, 1.165) is 62.0 Å². The fraction of sp³-hybridized carbons (Fsp3) is 0.283. The molecule has 0 heterocycles. The van der Waals surface area contributed by atoms with Crippen molar-refractivity contribution in [1.29, 1.82) is 0 Å². The van der Waals surface area contributed by atoms with Crippen LogP contribution in [0.25, 0.3) is 0 Å². The van der Waals surface area contributed by atoms with Gasteiger partial charge in [0.2, 0.25) is 0 Å². The topological polar surface area (TPSA) is 114 Å². The Bertz CT molecular complexity index is 2680. The van der Waals surface area contributed by atoms with Crippen molar-refractivity contribution in [3.8, 4) is 23.0 Å². The van der Waals surface area contributed by atoms with Crippen molar-refractivity contribution < 1.29 is 36.9 Å². The molecule has 0 radical (unpaired) electrons. The molecule has 4 N–H and O–H groups in total. The van der Waals surface area contributed by atoms with Crippen molar-refractivity contribution in [1.82, 2.24) is 10.6 Å². The van der Waals surface area contributed by atoms with Gasteiger partial charge in [-0.1, -0.05) is 51.1 Å². The first-order valence-electron chi connectivity index (χ1n) is 22.1. The molecule has 0 unspecified atom stereocenters. The van der Waals surface area contributed by atoms with Crippen LogP contribution in [0.2, 0.25) is 0 Å². The molecular formula is C53H57F3N5O5PS. The lowest BCUT2D eigenvalue weighted by Crippen LogP contribution is -2.51. The van der Waals surface area contributed by atoms with Crippen LogP contribution in [-0.2, 0) is 12.6 Å². The third kappa shape index (κ3) is 11.4. The summed E-state index contributed by atoms with van der Waals surface area (Å²) in [6, 6.07) is 39.8. The number of ether oxygens (including phenoxy) is 4. The molecule has 0 bridgehead atoms. The predicted molar refractivity (Wildman–Crippen MR) is 272 cm³/mol. The van der Waals surface area contributed by atoms with Crippen molar-refractivity contribution in [3.63, 3.8) is 0 Å². The average Bonchev–Trinajstić information content (AvgIpc) is 3.65. The van der Waals surface area contributed by atoms with Gasteiger partial charge in [-0.15, -0.1) is 0 Å². The minimum Gasteiger partial charge on any atom is -0.497 e. The van der Waals surface area contributed by atoms with Crippen LogP contribution in [-0.4, -0.2) is 51.2 Å². The van der Waals surface area contributed by atoms with Crippen LogP contribution in [0.4, 0.5) is 29.3 Å². The zero-order chi connectivity index (χ0) is 48.8. The lowest BCUT2D eigenvalue weighted by atomic mass is 9.87. The van der Waals surface area contributed by atoms with Crippen molar-refractivity contribution in [2.45, 2.75) is 65.4 Å². The van der Waals surface area contributed by atoms with Gasteiger partial charge in [0.1, 0.15) is 29.1 Å². The fourth-order valence-corrected chi connectivity index (χ4v) is 12.1. The molecule has 356 valence electrons. The highest BCUT2D eigenvalue weighted by atomic mass is 32.1. The smallest absolute Gasteiger partial charge is 0.416 e. The normalized spacial score (nSPS) is 15.0. The molecule has 0 saturated carbocycles. The monoisotopic (exact) mass is 963 g/mol. The van der Waals surface area contributed by atoms with E-state index in [1.54, 1.807) is 40.4 Å². The number of nitrogens with one attached hydrogen (secondary N) is 4. The van der Waals surface area contributed by atoms with Crippen molar-refractivity contribution in [3.05, 3.63) is 161 Å². The summed E-state index contributed by atoms with van der Waals surface area (Å²) in [6.45, 7) is 10.3. The Morgan fingerprint density at radius 1 is 0.735 bits per heavy atom. The first kappa shape index (κ1) is 49.4. The summed E-state index contributed by atoms with van der Waals surface area (Å²) in [5.74, 6) is 2.60. The number of alkyl halides is 3. The van der Waals surface area contributed by atoms with E-state index in [2.05, 4.69) is 84.5 Å². The van der Waals surface area contributed by atoms with E-state index >= 15 is 0 Å². The molecule has 3 atom stereocenters. The number of halogens is 3. The molecule has 0 aliphatic heterocycles. The van der Waals surface area contributed by atoms with Gasteiger partial charge in [-0.2, -0.15) is 13.2 Å². The standard InChI is InChI=1S/C53H57F3N5O5PS/c1-33-13-26-46(45(29-33)59-50(62)58-37-28-34(2)27-36(31-37)53(54,55)56)66-47-30-35-11-9-10-12-44(35)49(47)61-51(68)60-48(52(3,4)5)32-57-67(41-20-14-38(63-6)15-21-41,42-22-16-39(64-7)17-23-42)43-24-18-40(65-8)19-25-43/h9-29,31,47-49H,30,32H2,1-8H3,(H2,58,59,62)(H2,60,61,68)/t47-,48+,49-/m1/s1. The molecule has 0 spiro atoms. The molecular weight excluding hydrogens is 907 g/mol.